The van der Waals surface area contributed by atoms with E-state index in [1.165, 1.54) is 6.07 Å². The molecule has 4 aromatic rings. The summed E-state index contributed by atoms with van der Waals surface area (Å²) in [7, 11) is 0.383. The summed E-state index contributed by atoms with van der Waals surface area (Å²) in [4.78, 5) is 40.0. The van der Waals surface area contributed by atoms with Gasteiger partial charge in [0.1, 0.15) is 15.5 Å². The van der Waals surface area contributed by atoms with Crippen LogP contribution in [0.25, 0.3) is 11.0 Å². The molecule has 0 aliphatic carbocycles. The second kappa shape index (κ2) is 14.2. The Morgan fingerprint density at radius 3 is 2.18 bits per heavy atom. The van der Waals surface area contributed by atoms with Gasteiger partial charge >= 0.3 is 5.63 Å². The molecule has 1 atom stereocenters. The van der Waals surface area contributed by atoms with Gasteiger partial charge in [-0.2, -0.15) is 0 Å². The highest BCUT2D eigenvalue weighted by Crippen LogP contribution is 2.29. The molecule has 0 aliphatic rings. The highest BCUT2D eigenvalue weighted by atomic mass is 32.2. The Kier molecular flexibility index (Phi) is 10.6. The first-order valence-corrected chi connectivity index (χ1v) is 16.6. The van der Waals surface area contributed by atoms with Crippen molar-refractivity contribution < 1.29 is 18.2 Å². The van der Waals surface area contributed by atoms with Crippen molar-refractivity contribution in [2.75, 3.05) is 25.5 Å². The molecule has 10 heteroatoms. The first kappa shape index (κ1) is 33.6. The van der Waals surface area contributed by atoms with E-state index in [9.17, 15) is 18.6 Å². The molecule has 2 amide bonds. The van der Waals surface area contributed by atoms with Crippen LogP contribution in [0.2, 0.25) is 0 Å². The first-order chi connectivity index (χ1) is 21.2. The van der Waals surface area contributed by atoms with Crippen LogP contribution in [-0.2, 0) is 38.8 Å². The van der Waals surface area contributed by atoms with Gasteiger partial charge in [0.25, 0.3) is 5.91 Å². The van der Waals surface area contributed by atoms with Crippen molar-refractivity contribution in [1.82, 2.24) is 5.32 Å². The van der Waals surface area contributed by atoms with Crippen LogP contribution in [0.5, 0.6) is 0 Å². The van der Waals surface area contributed by atoms with Crippen LogP contribution >= 0.6 is 0 Å². The molecule has 0 saturated carbocycles. The number of amides is 2. The summed E-state index contributed by atoms with van der Waals surface area (Å²) in [5.74, 6) is -0.300. The minimum absolute atomic E-state index is 0.0307. The lowest BCUT2D eigenvalue weighted by Crippen LogP contribution is -2.27. The maximum Gasteiger partial charge on any atom is 0.336 e. The van der Waals surface area contributed by atoms with E-state index in [1.54, 1.807) is 30.3 Å². The molecular formula is C35H42N4O5S. The lowest BCUT2D eigenvalue weighted by molar-refractivity contribution is -0.120. The van der Waals surface area contributed by atoms with E-state index in [1.807, 2.05) is 49.3 Å². The van der Waals surface area contributed by atoms with Crippen molar-refractivity contribution in [1.29, 1.82) is 0 Å². The number of nitrogens with zero attached hydrogens (tertiary/aromatic N) is 2. The number of rotatable bonds is 11. The van der Waals surface area contributed by atoms with Gasteiger partial charge in [0.05, 0.1) is 17.7 Å². The number of nitrogens with one attached hydrogen (secondary N) is 1. The largest absolute Gasteiger partial charge is 0.423 e. The van der Waals surface area contributed by atoms with Crippen LogP contribution in [0.3, 0.4) is 0 Å². The summed E-state index contributed by atoms with van der Waals surface area (Å²) in [6, 6.07) is 19.6. The van der Waals surface area contributed by atoms with Gasteiger partial charge in [0.15, 0.2) is 0 Å². The first-order valence-electron chi connectivity index (χ1n) is 15.0. The van der Waals surface area contributed by atoms with Gasteiger partial charge in [-0.15, -0.1) is 4.36 Å². The summed E-state index contributed by atoms with van der Waals surface area (Å²) in [6.07, 6.45) is 0.581. The van der Waals surface area contributed by atoms with E-state index in [0.29, 0.717) is 29.5 Å². The maximum absolute atomic E-state index is 13.3. The molecule has 0 spiro atoms. The van der Waals surface area contributed by atoms with Crippen molar-refractivity contribution in [3.05, 3.63) is 105 Å². The van der Waals surface area contributed by atoms with Crippen molar-refractivity contribution in [2.45, 2.75) is 63.7 Å². The van der Waals surface area contributed by atoms with E-state index in [4.69, 9.17) is 9.56 Å². The normalized spacial score (nSPS) is 12.7. The zero-order valence-electron chi connectivity index (χ0n) is 26.8. The summed E-state index contributed by atoms with van der Waals surface area (Å²) >= 11 is 0. The number of carbonyl (C=O) groups excluding carboxylic acids is 2. The smallest absolute Gasteiger partial charge is 0.336 e. The molecule has 238 valence electrons. The minimum Gasteiger partial charge on any atom is -0.423 e. The van der Waals surface area contributed by atoms with Crippen LogP contribution in [0, 0.1) is 0 Å². The van der Waals surface area contributed by atoms with Gasteiger partial charge in [0, 0.05) is 37.8 Å². The van der Waals surface area contributed by atoms with Gasteiger partial charge in [-0.25, -0.2) is 14.1 Å². The molecular weight excluding hydrogens is 588 g/mol. The third-order valence-electron chi connectivity index (χ3n) is 7.73. The van der Waals surface area contributed by atoms with Crippen LogP contribution in [0.1, 0.15) is 67.3 Å². The van der Waals surface area contributed by atoms with Gasteiger partial charge in [-0.1, -0.05) is 58.0 Å². The average molecular weight is 631 g/mol. The predicted molar refractivity (Wildman–Crippen MR) is 180 cm³/mol. The number of hydrogen-bond acceptors (Lipinski definition) is 6. The quantitative estimate of drug-likeness (QED) is 0.211. The number of fused-ring (bicyclic) bond motifs is 1. The molecule has 1 unspecified atom stereocenters. The standard InChI is InChI=1S/C35H42N4O5S/c1-22(2)28-8-7-9-29(23(3)4)31(28)21-34(41)38-45(36,43)27-13-10-24(11-14-27)16-17-37-33(40)18-25-19-35(42)44-32-15-12-26(39(5)6)20-30(25)32/h7-15,19-20,22-23H,16-18,21H2,1-6H3,(H,37,40)(H2,36,38,41,43). The summed E-state index contributed by atoms with van der Waals surface area (Å²) < 4.78 is 22.5. The second-order valence-electron chi connectivity index (χ2n) is 12.0. The molecule has 0 aliphatic heterocycles. The monoisotopic (exact) mass is 630 g/mol. The molecule has 0 bridgehead atoms. The van der Waals surface area contributed by atoms with E-state index in [-0.39, 0.29) is 35.5 Å². The van der Waals surface area contributed by atoms with Gasteiger partial charge in [-0.05, 0) is 76.4 Å². The topological polar surface area (TPSA) is 135 Å². The molecule has 1 aromatic heterocycles. The fourth-order valence-corrected chi connectivity index (χ4v) is 6.37. The van der Waals surface area contributed by atoms with E-state index < -0.39 is 21.4 Å². The van der Waals surface area contributed by atoms with Gasteiger partial charge in [0.2, 0.25) is 5.91 Å². The van der Waals surface area contributed by atoms with Gasteiger partial charge in [-0.3, -0.25) is 9.59 Å². The third kappa shape index (κ3) is 8.46. The Labute approximate surface area is 265 Å². The van der Waals surface area contributed by atoms with E-state index in [0.717, 1.165) is 27.9 Å². The lowest BCUT2D eigenvalue weighted by Gasteiger charge is -2.18. The molecule has 0 fully saturated rings. The fraction of sp³-hybridized carbons (Fsp3) is 0.343. The molecule has 3 N–H and O–H groups in total. The molecule has 9 nitrogen and oxygen atoms in total. The molecule has 1 heterocycles. The summed E-state index contributed by atoms with van der Waals surface area (Å²) in [5, 5.41) is 9.69. The number of anilines is 1. The molecule has 45 heavy (non-hydrogen) atoms. The number of hydrogen-bond donors (Lipinski definition) is 2. The van der Waals surface area contributed by atoms with Gasteiger partial charge < -0.3 is 14.6 Å². The van der Waals surface area contributed by atoms with Crippen molar-refractivity contribution in [3.63, 3.8) is 0 Å². The Morgan fingerprint density at radius 1 is 0.933 bits per heavy atom. The summed E-state index contributed by atoms with van der Waals surface area (Å²) in [5.41, 5.74) is 5.40. The van der Waals surface area contributed by atoms with Crippen LogP contribution in [0.4, 0.5) is 5.69 Å². The molecule has 0 radical (unpaired) electrons. The lowest BCUT2D eigenvalue weighted by atomic mass is 9.87. The van der Waals surface area contributed by atoms with E-state index >= 15 is 0 Å². The number of benzene rings is 3. The predicted octanol–water partition coefficient (Wildman–Crippen LogP) is 5.48. The Bertz CT molecular complexity index is 1860. The highest BCUT2D eigenvalue weighted by Gasteiger charge is 2.18. The highest BCUT2D eigenvalue weighted by molar-refractivity contribution is 7.91. The SMILES string of the molecule is CC(C)c1cccc(C(C)C)c1CC(=O)N=S(N)(=O)c1ccc(CCNC(=O)Cc2cc(=O)oc3ccc(N(C)C)cc23)cc1. The Hall–Kier alpha value is -4.28. The minimum atomic E-state index is -3.44. The molecule has 4 rings (SSSR count). The van der Waals surface area contributed by atoms with E-state index in [2.05, 4.69) is 37.4 Å². The van der Waals surface area contributed by atoms with Crippen molar-refractivity contribution >= 4 is 38.4 Å². The Balaban J connectivity index is 1.39. The van der Waals surface area contributed by atoms with Crippen molar-refractivity contribution in [3.8, 4) is 0 Å². The second-order valence-corrected chi connectivity index (χ2v) is 13.8. The zero-order valence-corrected chi connectivity index (χ0v) is 27.6. The number of carbonyl (C=O) groups is 2. The van der Waals surface area contributed by atoms with Crippen LogP contribution < -0.4 is 21.0 Å². The molecule has 0 saturated heterocycles. The zero-order chi connectivity index (χ0) is 32.9. The fourth-order valence-electron chi connectivity index (χ4n) is 5.37. The average Bonchev–Trinajstić information content (AvgIpc) is 2.96. The maximum atomic E-state index is 13.3. The summed E-state index contributed by atoms with van der Waals surface area (Å²) in [6.45, 7) is 8.67. The van der Waals surface area contributed by atoms with Crippen molar-refractivity contribution in [2.24, 2.45) is 9.50 Å². The van der Waals surface area contributed by atoms with Crippen LogP contribution in [0.15, 0.2) is 85.2 Å². The van der Waals surface area contributed by atoms with Crippen LogP contribution in [-0.4, -0.2) is 36.7 Å². The number of nitrogens with two attached hydrogens (primary N) is 1. The molecule has 3 aromatic carbocycles. The third-order valence-corrected chi connectivity index (χ3v) is 9.16. The Morgan fingerprint density at radius 2 is 1.58 bits per heavy atom.